The van der Waals surface area contributed by atoms with Crippen LogP contribution >= 0.6 is 0 Å². The Morgan fingerprint density at radius 3 is 2.40 bits per heavy atom. The van der Waals surface area contributed by atoms with Gasteiger partial charge in [-0.2, -0.15) is 10.2 Å². The Bertz CT molecular complexity index is 1830. The van der Waals surface area contributed by atoms with E-state index in [1.54, 1.807) is 18.4 Å². The minimum Gasteiger partial charge on any atom is -0.463 e. The van der Waals surface area contributed by atoms with Crippen LogP contribution in [0.25, 0.3) is 22.8 Å². The molecule has 3 aliphatic rings. The molecule has 1 saturated heterocycles. The average Bonchev–Trinajstić information content (AvgIpc) is 3.80. The van der Waals surface area contributed by atoms with E-state index in [2.05, 4.69) is 27.0 Å². The lowest BCUT2D eigenvalue weighted by atomic mass is 9.85. The first kappa shape index (κ1) is 29.5. The molecule has 4 aromatic rings. The molecule has 0 bridgehead atoms. The van der Waals surface area contributed by atoms with E-state index in [4.69, 9.17) is 9.52 Å². The fourth-order valence-corrected chi connectivity index (χ4v) is 7.41. The topological polar surface area (TPSA) is 136 Å². The van der Waals surface area contributed by atoms with E-state index in [1.165, 1.54) is 12.1 Å². The van der Waals surface area contributed by atoms with Gasteiger partial charge in [0, 0.05) is 50.0 Å². The summed E-state index contributed by atoms with van der Waals surface area (Å²) in [4.78, 5) is 30.7. The molecule has 1 saturated carbocycles. The minimum atomic E-state index is -3.30. The number of carbonyl (C=O) groups excluding carboxylic acids is 2. The number of anilines is 1. The SMILES string of the molecule is CN1CCN(C(=O)C2CCC(n3nc(-c4ccco4)c4c3-c3cc(NC(=O)Cc5ccc(S(C)(=O)=O)cc5)nn3C4)CC2)CC1. The number of likely N-dealkylation sites (N-methyl/N-ethyl adjacent to an activating group) is 1. The molecule has 0 radical (unpaired) electrons. The molecule has 5 heterocycles. The normalized spacial score (nSPS) is 20.2. The molecule has 1 N–H and O–H groups in total. The maximum Gasteiger partial charge on any atom is 0.229 e. The second kappa shape index (κ2) is 11.6. The van der Waals surface area contributed by atoms with Gasteiger partial charge in [0.25, 0.3) is 0 Å². The van der Waals surface area contributed by atoms with Gasteiger partial charge in [-0.15, -0.1) is 0 Å². The Morgan fingerprint density at radius 2 is 1.73 bits per heavy atom. The first-order chi connectivity index (χ1) is 21.6. The van der Waals surface area contributed by atoms with Gasteiger partial charge in [0.05, 0.1) is 41.6 Å². The summed E-state index contributed by atoms with van der Waals surface area (Å²) in [6.45, 7) is 3.94. The maximum absolute atomic E-state index is 13.3. The van der Waals surface area contributed by atoms with Gasteiger partial charge in [0.15, 0.2) is 21.4 Å². The number of hydrogen-bond donors (Lipinski definition) is 1. The number of fused-ring (bicyclic) bond motifs is 3. The summed E-state index contributed by atoms with van der Waals surface area (Å²) in [6, 6.07) is 12.1. The number of benzene rings is 1. The predicted molar refractivity (Wildman–Crippen MR) is 167 cm³/mol. The Hall–Kier alpha value is -4.23. The molecule has 0 unspecified atom stereocenters. The van der Waals surface area contributed by atoms with E-state index in [-0.39, 0.29) is 35.1 Å². The fourth-order valence-electron chi connectivity index (χ4n) is 6.78. The lowest BCUT2D eigenvalue weighted by Crippen LogP contribution is -2.49. The summed E-state index contributed by atoms with van der Waals surface area (Å²) < 4.78 is 33.2. The second-order valence-electron chi connectivity index (χ2n) is 12.4. The summed E-state index contributed by atoms with van der Waals surface area (Å²) >= 11 is 0. The largest absolute Gasteiger partial charge is 0.463 e. The molecule has 1 aliphatic carbocycles. The van der Waals surface area contributed by atoms with Gasteiger partial charge in [-0.25, -0.2) is 8.42 Å². The molecule has 0 atom stereocenters. The van der Waals surface area contributed by atoms with Crippen molar-refractivity contribution in [1.82, 2.24) is 29.4 Å². The minimum absolute atomic E-state index is 0.0488. The Labute approximate surface area is 261 Å². The third kappa shape index (κ3) is 5.82. The lowest BCUT2D eigenvalue weighted by molar-refractivity contribution is -0.138. The third-order valence-electron chi connectivity index (χ3n) is 9.28. The van der Waals surface area contributed by atoms with Gasteiger partial charge >= 0.3 is 0 Å². The van der Waals surface area contributed by atoms with Crippen LogP contribution in [0.4, 0.5) is 5.82 Å². The zero-order valence-corrected chi connectivity index (χ0v) is 26.3. The molecule has 2 fully saturated rings. The summed E-state index contributed by atoms with van der Waals surface area (Å²) in [5, 5.41) is 12.7. The van der Waals surface area contributed by atoms with Crippen LogP contribution in [0.1, 0.15) is 42.9 Å². The number of rotatable bonds is 7. The molecule has 2 aliphatic heterocycles. The van der Waals surface area contributed by atoms with Gasteiger partial charge in [-0.05, 0) is 62.6 Å². The quantitative estimate of drug-likeness (QED) is 0.289. The Morgan fingerprint density at radius 1 is 1.00 bits per heavy atom. The number of nitrogens with one attached hydrogen (secondary N) is 1. The molecule has 13 heteroatoms. The van der Waals surface area contributed by atoms with Crippen LogP contribution in [0.2, 0.25) is 0 Å². The van der Waals surface area contributed by atoms with Crippen LogP contribution in [-0.2, 0) is 32.4 Å². The predicted octanol–water partition coefficient (Wildman–Crippen LogP) is 3.46. The monoisotopic (exact) mass is 631 g/mol. The number of nitrogens with zero attached hydrogens (tertiary/aromatic N) is 6. The summed E-state index contributed by atoms with van der Waals surface area (Å²) in [5.41, 5.74) is 4.38. The first-order valence-electron chi connectivity index (χ1n) is 15.4. The van der Waals surface area contributed by atoms with Gasteiger partial charge in [0.2, 0.25) is 11.8 Å². The number of amides is 2. The highest BCUT2D eigenvalue weighted by molar-refractivity contribution is 7.90. The van der Waals surface area contributed by atoms with Crippen LogP contribution in [-0.4, -0.2) is 89.1 Å². The third-order valence-corrected chi connectivity index (χ3v) is 10.4. The molecule has 236 valence electrons. The zero-order chi connectivity index (χ0) is 31.3. The first-order valence-corrected chi connectivity index (χ1v) is 17.3. The maximum atomic E-state index is 13.3. The fraction of sp³-hybridized carbons (Fsp3) is 0.438. The highest BCUT2D eigenvalue weighted by atomic mass is 32.2. The van der Waals surface area contributed by atoms with Crippen LogP contribution in [0.15, 0.2) is 58.0 Å². The molecule has 0 spiro atoms. The summed E-state index contributed by atoms with van der Waals surface area (Å²) in [5.74, 6) is 1.24. The number of sulfone groups is 1. The molecule has 2 amide bonds. The van der Waals surface area contributed by atoms with E-state index in [0.29, 0.717) is 23.7 Å². The van der Waals surface area contributed by atoms with Crippen molar-refractivity contribution in [3.05, 3.63) is 59.9 Å². The van der Waals surface area contributed by atoms with E-state index >= 15 is 0 Å². The van der Waals surface area contributed by atoms with Crippen LogP contribution < -0.4 is 5.32 Å². The standard InChI is InChI=1S/C32H37N7O5S/c1-36-13-15-37(16-14-36)32(41)22-7-9-23(10-8-22)39-31-25(30(35-39)27-4-3-17-44-27)20-38-26(31)19-28(34-38)33-29(40)18-21-5-11-24(12-6-21)45(2,42)43/h3-6,11-12,17,19,22-23H,7-10,13-16,18,20H2,1-2H3,(H,33,34,40). The molecular weight excluding hydrogens is 594 g/mol. The highest BCUT2D eigenvalue weighted by Crippen LogP contribution is 2.43. The highest BCUT2D eigenvalue weighted by Gasteiger charge is 2.37. The van der Waals surface area contributed by atoms with Crippen LogP contribution in [0.5, 0.6) is 0 Å². The van der Waals surface area contributed by atoms with E-state index in [0.717, 1.165) is 80.8 Å². The van der Waals surface area contributed by atoms with Crippen molar-refractivity contribution < 1.29 is 22.4 Å². The number of piperazine rings is 1. The average molecular weight is 632 g/mol. The van der Waals surface area contributed by atoms with Crippen molar-refractivity contribution in [2.45, 2.75) is 49.6 Å². The number of carbonyl (C=O) groups is 2. The molecular formula is C32H37N7O5S. The molecule has 3 aromatic heterocycles. The van der Waals surface area contributed by atoms with Crippen LogP contribution in [0, 0.1) is 5.92 Å². The van der Waals surface area contributed by atoms with E-state index in [1.807, 2.05) is 27.8 Å². The molecule has 7 rings (SSSR count). The molecule has 45 heavy (non-hydrogen) atoms. The van der Waals surface area contributed by atoms with Gasteiger partial charge in [-0.1, -0.05) is 12.1 Å². The molecule has 1 aromatic carbocycles. The summed E-state index contributed by atoms with van der Waals surface area (Å²) in [6.07, 6.45) is 6.25. The Kier molecular flexibility index (Phi) is 7.60. The van der Waals surface area contributed by atoms with Gasteiger partial charge in [0.1, 0.15) is 5.69 Å². The molecule has 12 nitrogen and oxygen atoms in total. The second-order valence-corrected chi connectivity index (χ2v) is 14.5. The van der Waals surface area contributed by atoms with Crippen molar-refractivity contribution in [3.8, 4) is 22.8 Å². The van der Waals surface area contributed by atoms with Crippen molar-refractivity contribution in [2.75, 3.05) is 44.8 Å². The lowest BCUT2D eigenvalue weighted by Gasteiger charge is -2.36. The van der Waals surface area contributed by atoms with Gasteiger partial charge < -0.3 is 19.5 Å². The number of hydrogen-bond acceptors (Lipinski definition) is 8. The van der Waals surface area contributed by atoms with E-state index in [9.17, 15) is 18.0 Å². The van der Waals surface area contributed by atoms with Crippen molar-refractivity contribution in [2.24, 2.45) is 5.92 Å². The zero-order valence-electron chi connectivity index (χ0n) is 25.5. The summed E-state index contributed by atoms with van der Waals surface area (Å²) in [7, 11) is -1.21. The van der Waals surface area contributed by atoms with Gasteiger partial charge in [-0.3, -0.25) is 19.0 Å². The smallest absolute Gasteiger partial charge is 0.229 e. The van der Waals surface area contributed by atoms with Crippen molar-refractivity contribution in [3.63, 3.8) is 0 Å². The number of furan rings is 1. The number of aromatic nitrogens is 4. The Balaban J connectivity index is 1.08. The van der Waals surface area contributed by atoms with E-state index < -0.39 is 9.84 Å². The van der Waals surface area contributed by atoms with Crippen molar-refractivity contribution in [1.29, 1.82) is 0 Å². The van der Waals surface area contributed by atoms with Crippen molar-refractivity contribution >= 4 is 27.5 Å². The van der Waals surface area contributed by atoms with Crippen LogP contribution in [0.3, 0.4) is 0 Å².